The minimum Gasteiger partial charge on any atom is -0.367 e. The van der Waals surface area contributed by atoms with Crippen LogP contribution in [0, 0.1) is 0 Å². The lowest BCUT2D eigenvalue weighted by Gasteiger charge is -2.28. The SMILES string of the molecule is CS(=O)(=O)C1CCC(Nc2ccc(Cl)cn2)CC1. The van der Waals surface area contributed by atoms with Gasteiger partial charge in [-0.15, -0.1) is 0 Å². The van der Waals surface area contributed by atoms with E-state index >= 15 is 0 Å². The quantitative estimate of drug-likeness (QED) is 0.928. The molecule has 18 heavy (non-hydrogen) atoms. The van der Waals surface area contributed by atoms with E-state index in [1.807, 2.05) is 6.07 Å². The van der Waals surface area contributed by atoms with Crippen LogP contribution in [0.2, 0.25) is 5.02 Å². The first-order valence-electron chi connectivity index (χ1n) is 6.02. The van der Waals surface area contributed by atoms with Gasteiger partial charge in [0.2, 0.25) is 0 Å². The summed E-state index contributed by atoms with van der Waals surface area (Å²) >= 11 is 5.77. The van der Waals surface area contributed by atoms with Crippen LogP contribution in [0.4, 0.5) is 5.82 Å². The van der Waals surface area contributed by atoms with Crippen LogP contribution in [0.3, 0.4) is 0 Å². The molecule has 1 aliphatic carbocycles. The number of anilines is 1. The van der Waals surface area contributed by atoms with Crippen molar-refractivity contribution in [3.63, 3.8) is 0 Å². The Labute approximate surface area is 113 Å². The largest absolute Gasteiger partial charge is 0.367 e. The van der Waals surface area contributed by atoms with Crippen LogP contribution >= 0.6 is 11.6 Å². The van der Waals surface area contributed by atoms with Gasteiger partial charge in [0.1, 0.15) is 15.7 Å². The van der Waals surface area contributed by atoms with Crippen LogP contribution in [0.1, 0.15) is 25.7 Å². The smallest absolute Gasteiger partial charge is 0.150 e. The van der Waals surface area contributed by atoms with Crippen molar-refractivity contribution in [2.75, 3.05) is 11.6 Å². The molecule has 0 spiro atoms. The second-order valence-electron chi connectivity index (χ2n) is 4.81. The van der Waals surface area contributed by atoms with E-state index in [2.05, 4.69) is 10.3 Å². The fraction of sp³-hybridized carbons (Fsp3) is 0.583. The molecule has 1 fully saturated rings. The molecule has 0 aromatic carbocycles. The van der Waals surface area contributed by atoms with E-state index in [-0.39, 0.29) is 5.25 Å². The van der Waals surface area contributed by atoms with Crippen LogP contribution in [0.15, 0.2) is 18.3 Å². The normalized spacial score (nSPS) is 24.8. The van der Waals surface area contributed by atoms with E-state index in [9.17, 15) is 8.42 Å². The molecule has 1 saturated carbocycles. The van der Waals surface area contributed by atoms with E-state index in [1.165, 1.54) is 6.26 Å². The number of pyridine rings is 1. The van der Waals surface area contributed by atoms with E-state index in [4.69, 9.17) is 11.6 Å². The molecule has 0 aliphatic heterocycles. The van der Waals surface area contributed by atoms with Gasteiger partial charge in [-0.1, -0.05) is 11.6 Å². The van der Waals surface area contributed by atoms with Crippen molar-refractivity contribution in [3.8, 4) is 0 Å². The highest BCUT2D eigenvalue weighted by atomic mass is 35.5. The monoisotopic (exact) mass is 288 g/mol. The average molecular weight is 289 g/mol. The summed E-state index contributed by atoms with van der Waals surface area (Å²) in [5.41, 5.74) is 0. The van der Waals surface area contributed by atoms with Crippen molar-refractivity contribution in [2.45, 2.75) is 37.0 Å². The molecule has 100 valence electrons. The maximum absolute atomic E-state index is 11.4. The van der Waals surface area contributed by atoms with Crippen LogP contribution in [-0.2, 0) is 9.84 Å². The number of rotatable bonds is 3. The fourth-order valence-electron chi connectivity index (χ4n) is 2.31. The van der Waals surface area contributed by atoms with Crippen LogP contribution in [0.5, 0.6) is 0 Å². The highest BCUT2D eigenvalue weighted by Crippen LogP contribution is 2.25. The van der Waals surface area contributed by atoms with Gasteiger partial charge in [0.25, 0.3) is 0 Å². The summed E-state index contributed by atoms with van der Waals surface area (Å²) in [5.74, 6) is 0.794. The Morgan fingerprint density at radius 1 is 1.28 bits per heavy atom. The summed E-state index contributed by atoms with van der Waals surface area (Å²) in [5, 5.41) is 3.76. The van der Waals surface area contributed by atoms with Gasteiger partial charge in [-0.2, -0.15) is 0 Å². The Morgan fingerprint density at radius 3 is 2.44 bits per heavy atom. The Kier molecular flexibility index (Phi) is 4.12. The lowest BCUT2D eigenvalue weighted by Crippen LogP contribution is -2.32. The third-order valence-corrected chi connectivity index (χ3v) is 5.27. The highest BCUT2D eigenvalue weighted by molar-refractivity contribution is 7.91. The Bertz CT molecular complexity index is 493. The highest BCUT2D eigenvalue weighted by Gasteiger charge is 2.27. The first-order chi connectivity index (χ1) is 8.45. The minimum absolute atomic E-state index is 0.172. The fourth-order valence-corrected chi connectivity index (χ4v) is 3.55. The predicted molar refractivity (Wildman–Crippen MR) is 73.8 cm³/mol. The molecule has 1 aliphatic rings. The van der Waals surface area contributed by atoms with Crippen molar-refractivity contribution >= 4 is 27.3 Å². The predicted octanol–water partition coefficient (Wildman–Crippen LogP) is 2.50. The zero-order valence-electron chi connectivity index (χ0n) is 10.3. The zero-order chi connectivity index (χ0) is 13.2. The molecule has 0 bridgehead atoms. The van der Waals surface area contributed by atoms with Crippen LogP contribution in [0.25, 0.3) is 0 Å². The molecule has 2 rings (SSSR count). The van der Waals surface area contributed by atoms with Crippen molar-refractivity contribution in [1.82, 2.24) is 4.98 Å². The van der Waals surface area contributed by atoms with E-state index in [0.717, 1.165) is 31.5 Å². The second kappa shape index (κ2) is 5.45. The van der Waals surface area contributed by atoms with E-state index in [1.54, 1.807) is 12.3 Å². The van der Waals surface area contributed by atoms with Crippen LogP contribution in [-0.4, -0.2) is 30.9 Å². The molecular formula is C12H17ClN2O2S. The van der Waals surface area contributed by atoms with Gasteiger partial charge in [-0.3, -0.25) is 0 Å². The zero-order valence-corrected chi connectivity index (χ0v) is 11.8. The number of hydrogen-bond acceptors (Lipinski definition) is 4. The van der Waals surface area contributed by atoms with Gasteiger partial charge >= 0.3 is 0 Å². The molecule has 1 heterocycles. The van der Waals surface area contributed by atoms with Crippen molar-refractivity contribution < 1.29 is 8.42 Å². The first kappa shape index (κ1) is 13.6. The lowest BCUT2D eigenvalue weighted by atomic mass is 9.95. The van der Waals surface area contributed by atoms with E-state index in [0.29, 0.717) is 11.1 Å². The molecule has 1 aromatic rings. The topological polar surface area (TPSA) is 59.1 Å². The molecule has 0 amide bonds. The molecule has 0 unspecified atom stereocenters. The van der Waals surface area contributed by atoms with Crippen molar-refractivity contribution in [2.24, 2.45) is 0 Å². The Morgan fingerprint density at radius 2 is 1.94 bits per heavy atom. The molecule has 1 aromatic heterocycles. The number of nitrogens with zero attached hydrogens (tertiary/aromatic N) is 1. The van der Waals surface area contributed by atoms with Crippen molar-refractivity contribution in [1.29, 1.82) is 0 Å². The molecule has 1 N–H and O–H groups in total. The average Bonchev–Trinajstić information content (AvgIpc) is 2.32. The lowest BCUT2D eigenvalue weighted by molar-refractivity contribution is 0.453. The van der Waals surface area contributed by atoms with Crippen LogP contribution < -0.4 is 5.32 Å². The summed E-state index contributed by atoms with van der Waals surface area (Å²) in [7, 11) is -2.89. The molecule has 6 heteroatoms. The van der Waals surface area contributed by atoms with Gasteiger partial charge in [0.15, 0.2) is 0 Å². The van der Waals surface area contributed by atoms with Gasteiger partial charge in [-0.05, 0) is 37.8 Å². The first-order valence-corrected chi connectivity index (χ1v) is 8.35. The molecule has 0 saturated heterocycles. The van der Waals surface area contributed by atoms with Gasteiger partial charge in [-0.25, -0.2) is 13.4 Å². The summed E-state index contributed by atoms with van der Waals surface area (Å²) < 4.78 is 22.9. The third kappa shape index (κ3) is 3.59. The molecule has 4 nitrogen and oxygen atoms in total. The summed E-state index contributed by atoms with van der Waals surface area (Å²) in [6, 6.07) is 3.93. The number of sulfone groups is 1. The summed E-state index contributed by atoms with van der Waals surface area (Å²) in [4.78, 5) is 4.18. The standard InChI is InChI=1S/C12H17ClN2O2S/c1-18(16,17)11-5-3-10(4-6-11)15-12-7-2-9(13)8-14-12/h2,7-8,10-11H,3-6H2,1H3,(H,14,15). The number of hydrogen-bond donors (Lipinski definition) is 1. The van der Waals surface area contributed by atoms with Crippen molar-refractivity contribution in [3.05, 3.63) is 23.4 Å². The number of aromatic nitrogens is 1. The summed E-state index contributed by atoms with van der Waals surface area (Å²) in [6.07, 6.45) is 6.11. The minimum atomic E-state index is -2.89. The molecule has 0 atom stereocenters. The van der Waals surface area contributed by atoms with Gasteiger partial charge < -0.3 is 5.32 Å². The molecule has 0 radical (unpaired) electrons. The maximum atomic E-state index is 11.4. The molecular weight excluding hydrogens is 272 g/mol. The van der Waals surface area contributed by atoms with Gasteiger partial charge in [0, 0.05) is 18.5 Å². The Hall–Kier alpha value is -0.810. The maximum Gasteiger partial charge on any atom is 0.150 e. The number of halogens is 1. The van der Waals surface area contributed by atoms with E-state index < -0.39 is 9.84 Å². The summed E-state index contributed by atoms with van der Waals surface area (Å²) in [6.45, 7) is 0. The third-order valence-electron chi connectivity index (χ3n) is 3.36. The number of nitrogens with one attached hydrogen (secondary N) is 1. The van der Waals surface area contributed by atoms with Gasteiger partial charge in [0.05, 0.1) is 10.3 Å². The Balaban J connectivity index is 1.89. The second-order valence-corrected chi connectivity index (χ2v) is 7.57.